The number of halogens is 3. The van der Waals surface area contributed by atoms with Crippen LogP contribution in [0.2, 0.25) is 0 Å². The highest BCUT2D eigenvalue weighted by atomic mass is 32.1. The Morgan fingerprint density at radius 3 is 2.60 bits per heavy atom. The van der Waals surface area contributed by atoms with Crippen molar-refractivity contribution in [1.82, 2.24) is 4.57 Å². The van der Waals surface area contributed by atoms with Crippen molar-refractivity contribution in [3.05, 3.63) is 45.2 Å². The van der Waals surface area contributed by atoms with Gasteiger partial charge < -0.3 is 14.0 Å². The third-order valence-electron chi connectivity index (χ3n) is 3.45. The summed E-state index contributed by atoms with van der Waals surface area (Å²) in [7, 11) is 1.56. The highest BCUT2D eigenvalue weighted by molar-refractivity contribution is 7.09. The summed E-state index contributed by atoms with van der Waals surface area (Å²) in [5.41, 5.74) is 0.676. The minimum atomic E-state index is -4.88. The normalized spacial score (nSPS) is 12.5. The summed E-state index contributed by atoms with van der Waals surface area (Å²) in [5, 5.41) is 0. The van der Waals surface area contributed by atoms with Crippen LogP contribution in [0.4, 0.5) is 13.2 Å². The van der Waals surface area contributed by atoms with Crippen LogP contribution in [0.3, 0.4) is 0 Å². The van der Waals surface area contributed by atoms with Crippen LogP contribution in [0, 0.1) is 13.8 Å². The first-order valence-corrected chi connectivity index (χ1v) is 8.14. The number of hydrogen-bond donors (Lipinski definition) is 0. The number of ether oxygens (including phenoxy) is 2. The highest BCUT2D eigenvalue weighted by Gasteiger charge is 2.32. The summed E-state index contributed by atoms with van der Waals surface area (Å²) in [6, 6.07) is 5.14. The van der Waals surface area contributed by atoms with Crippen molar-refractivity contribution in [1.29, 1.82) is 0 Å². The predicted molar refractivity (Wildman–Crippen MR) is 86.7 cm³/mol. The lowest BCUT2D eigenvalue weighted by Gasteiger charge is -2.11. The second kappa shape index (κ2) is 7.83. The van der Waals surface area contributed by atoms with E-state index in [2.05, 4.69) is 9.73 Å². The molecule has 0 unspecified atom stereocenters. The van der Waals surface area contributed by atoms with Gasteiger partial charge in [0.05, 0.1) is 12.2 Å². The minimum absolute atomic E-state index is 0.248. The van der Waals surface area contributed by atoms with Gasteiger partial charge in [0.2, 0.25) is 0 Å². The molecule has 0 aliphatic rings. The maximum Gasteiger partial charge on any atom is 0.573 e. The van der Waals surface area contributed by atoms with Crippen molar-refractivity contribution >= 4 is 17.2 Å². The number of methoxy groups -OCH3 is 1. The van der Waals surface area contributed by atoms with E-state index in [0.717, 1.165) is 16.6 Å². The number of carbonyl (C=O) groups is 1. The molecule has 0 aliphatic carbocycles. The lowest BCUT2D eigenvalue weighted by molar-refractivity contribution is -0.274. The van der Waals surface area contributed by atoms with Gasteiger partial charge in [-0.2, -0.15) is 4.99 Å². The number of thiazole rings is 1. The van der Waals surface area contributed by atoms with E-state index in [4.69, 9.17) is 4.74 Å². The fraction of sp³-hybridized carbons (Fsp3) is 0.375. The molecule has 1 amide bonds. The number of nitrogens with zero attached hydrogens (tertiary/aromatic N) is 2. The summed E-state index contributed by atoms with van der Waals surface area (Å²) in [6.07, 6.45) is -4.88. The molecule has 0 atom stereocenters. The number of aryl methyl sites for hydroxylation is 1. The van der Waals surface area contributed by atoms with Gasteiger partial charge in [0, 0.05) is 24.2 Å². The quantitative estimate of drug-likeness (QED) is 0.806. The zero-order chi connectivity index (χ0) is 18.6. The Balaban J connectivity index is 2.43. The third-order valence-corrected chi connectivity index (χ3v) is 4.54. The Kier molecular flexibility index (Phi) is 6.02. The molecular weight excluding hydrogens is 357 g/mol. The smallest absolute Gasteiger partial charge is 0.405 e. The molecule has 1 heterocycles. The van der Waals surface area contributed by atoms with Crippen molar-refractivity contribution in [2.45, 2.75) is 26.8 Å². The van der Waals surface area contributed by atoms with Gasteiger partial charge >= 0.3 is 6.36 Å². The lowest BCUT2D eigenvalue weighted by Crippen LogP contribution is -2.22. The number of rotatable bonds is 5. The average molecular weight is 374 g/mol. The molecule has 0 fully saturated rings. The molecule has 0 spiro atoms. The Bertz CT molecular complexity index is 825. The van der Waals surface area contributed by atoms with Gasteiger partial charge in [0.25, 0.3) is 5.91 Å². The molecule has 0 N–H and O–H groups in total. The number of benzene rings is 1. The summed E-state index contributed by atoms with van der Waals surface area (Å²) in [4.78, 5) is 17.8. The number of para-hydroxylation sites is 1. The maximum absolute atomic E-state index is 12.5. The van der Waals surface area contributed by atoms with Gasteiger partial charge in [-0.1, -0.05) is 12.1 Å². The summed E-state index contributed by atoms with van der Waals surface area (Å²) in [5.74, 6) is -1.37. The monoisotopic (exact) mass is 374 g/mol. The fourth-order valence-corrected chi connectivity index (χ4v) is 3.13. The number of amides is 1. The highest BCUT2D eigenvalue weighted by Crippen LogP contribution is 2.26. The molecule has 2 rings (SSSR count). The van der Waals surface area contributed by atoms with Crippen molar-refractivity contribution in [2.24, 2.45) is 4.99 Å². The average Bonchev–Trinajstić information content (AvgIpc) is 2.78. The minimum Gasteiger partial charge on any atom is -0.405 e. The molecule has 1 aromatic carbocycles. The van der Waals surface area contributed by atoms with Gasteiger partial charge in [-0.15, -0.1) is 24.5 Å². The molecule has 136 valence electrons. The number of aromatic nitrogens is 1. The molecule has 25 heavy (non-hydrogen) atoms. The van der Waals surface area contributed by atoms with E-state index in [-0.39, 0.29) is 5.56 Å². The van der Waals surface area contributed by atoms with Crippen molar-refractivity contribution < 1.29 is 27.4 Å². The Hall–Kier alpha value is -2.13. The largest absolute Gasteiger partial charge is 0.573 e. The molecule has 0 aliphatic heterocycles. The summed E-state index contributed by atoms with van der Waals surface area (Å²) >= 11 is 1.29. The predicted octanol–water partition coefficient (Wildman–Crippen LogP) is 3.45. The Morgan fingerprint density at radius 1 is 1.28 bits per heavy atom. The molecule has 0 saturated carbocycles. The number of alkyl halides is 3. The van der Waals surface area contributed by atoms with Crippen LogP contribution in [-0.4, -0.2) is 30.6 Å². The van der Waals surface area contributed by atoms with Gasteiger partial charge in [0.1, 0.15) is 5.75 Å². The number of hydrogen-bond acceptors (Lipinski definition) is 4. The van der Waals surface area contributed by atoms with E-state index >= 15 is 0 Å². The maximum atomic E-state index is 12.5. The van der Waals surface area contributed by atoms with Gasteiger partial charge in [-0.3, -0.25) is 4.79 Å². The van der Waals surface area contributed by atoms with Crippen LogP contribution in [0.25, 0.3) is 0 Å². The van der Waals surface area contributed by atoms with E-state index in [1.54, 1.807) is 11.7 Å². The van der Waals surface area contributed by atoms with Crippen LogP contribution < -0.4 is 9.54 Å². The summed E-state index contributed by atoms with van der Waals surface area (Å²) < 4.78 is 48.2. The van der Waals surface area contributed by atoms with Gasteiger partial charge in [0.15, 0.2) is 4.80 Å². The first-order valence-electron chi connectivity index (χ1n) is 7.32. The SMILES string of the molecule is COCCn1c(C)c(C)s/c1=N\C(=O)c1ccccc1OC(F)(F)F. The van der Waals surface area contributed by atoms with Crippen LogP contribution >= 0.6 is 11.3 Å². The zero-order valence-corrected chi connectivity index (χ0v) is 14.7. The third kappa shape index (κ3) is 4.93. The van der Waals surface area contributed by atoms with Gasteiger partial charge in [-0.25, -0.2) is 0 Å². The first-order chi connectivity index (χ1) is 11.7. The molecular formula is C16H17F3N2O3S. The molecule has 9 heteroatoms. The van der Waals surface area contributed by atoms with Crippen molar-refractivity contribution in [2.75, 3.05) is 13.7 Å². The Morgan fingerprint density at radius 2 is 1.96 bits per heavy atom. The standard InChI is InChI=1S/C16H17F3N2O3S/c1-10-11(2)25-15(21(10)8-9-23-3)20-14(22)12-6-4-5-7-13(12)24-16(17,18)19/h4-7H,8-9H2,1-3H3/b20-15-. The van der Waals surface area contributed by atoms with E-state index in [1.807, 2.05) is 13.8 Å². The molecule has 0 bridgehead atoms. The van der Waals surface area contributed by atoms with Crippen molar-refractivity contribution in [3.63, 3.8) is 0 Å². The van der Waals surface area contributed by atoms with E-state index in [1.165, 1.54) is 29.5 Å². The van der Waals surface area contributed by atoms with Crippen LogP contribution in [0.1, 0.15) is 20.9 Å². The molecule has 1 aromatic heterocycles. The van der Waals surface area contributed by atoms with Crippen LogP contribution in [-0.2, 0) is 11.3 Å². The second-order valence-electron chi connectivity index (χ2n) is 5.13. The van der Waals surface area contributed by atoms with Gasteiger partial charge in [-0.05, 0) is 26.0 Å². The molecule has 2 aromatic rings. The zero-order valence-electron chi connectivity index (χ0n) is 13.9. The Labute approximate surface area is 146 Å². The van der Waals surface area contributed by atoms with Crippen molar-refractivity contribution in [3.8, 4) is 5.75 Å². The van der Waals surface area contributed by atoms with E-state index in [9.17, 15) is 18.0 Å². The molecule has 0 saturated heterocycles. The second-order valence-corrected chi connectivity index (χ2v) is 6.31. The van der Waals surface area contributed by atoms with Crippen LogP contribution in [0.5, 0.6) is 5.75 Å². The van der Waals surface area contributed by atoms with Crippen LogP contribution in [0.15, 0.2) is 29.3 Å². The molecule has 0 radical (unpaired) electrons. The van der Waals surface area contributed by atoms with E-state index in [0.29, 0.717) is 18.0 Å². The molecule has 5 nitrogen and oxygen atoms in total. The fourth-order valence-electron chi connectivity index (χ4n) is 2.13. The van der Waals surface area contributed by atoms with E-state index < -0.39 is 18.0 Å². The lowest BCUT2D eigenvalue weighted by atomic mass is 10.2. The topological polar surface area (TPSA) is 52.8 Å². The first kappa shape index (κ1) is 19.2. The number of carbonyl (C=O) groups excluding carboxylic acids is 1. The summed E-state index contributed by atoms with van der Waals surface area (Å²) in [6.45, 7) is 4.67.